The number of halogens is 1. The highest BCUT2D eigenvalue weighted by Crippen LogP contribution is 2.56. The maximum atomic E-state index is 6.41. The predicted molar refractivity (Wildman–Crippen MR) is 66.9 cm³/mol. The molecular formula is C12H18BrN3. The fourth-order valence-electron chi connectivity index (χ4n) is 3.23. The molecular weight excluding hydrogens is 266 g/mol. The van der Waals surface area contributed by atoms with E-state index in [1.165, 1.54) is 25.0 Å². The molecule has 0 spiro atoms. The van der Waals surface area contributed by atoms with E-state index in [-0.39, 0.29) is 6.04 Å². The summed E-state index contributed by atoms with van der Waals surface area (Å²) in [5.41, 5.74) is 7.60. The Labute approximate surface area is 105 Å². The van der Waals surface area contributed by atoms with Gasteiger partial charge in [0.05, 0.1) is 22.4 Å². The van der Waals surface area contributed by atoms with Crippen LogP contribution in [0, 0.1) is 17.8 Å². The van der Waals surface area contributed by atoms with Gasteiger partial charge in [0.2, 0.25) is 0 Å². The highest BCUT2D eigenvalue weighted by atomic mass is 79.9. The molecule has 0 aromatic carbocycles. The number of rotatable bonds is 3. The molecule has 3 unspecified atom stereocenters. The van der Waals surface area contributed by atoms with E-state index < -0.39 is 0 Å². The molecule has 0 amide bonds. The summed E-state index contributed by atoms with van der Waals surface area (Å²) in [6.07, 6.45) is 5.98. The van der Waals surface area contributed by atoms with E-state index in [1.54, 1.807) is 0 Å². The third-order valence-corrected chi connectivity index (χ3v) is 4.85. The third kappa shape index (κ3) is 1.63. The second-order valence-corrected chi connectivity index (χ2v) is 6.06. The van der Waals surface area contributed by atoms with E-state index in [1.807, 2.05) is 10.9 Å². The standard InChI is InChI=1S/C12H18BrN3/c1-2-16-12(10(13)6-15-16)11(14)9-4-7-3-8(7)5-9/h6-9,11H,2-5,14H2,1H3. The molecule has 3 nitrogen and oxygen atoms in total. The number of hydrogen-bond donors (Lipinski definition) is 1. The van der Waals surface area contributed by atoms with Crippen LogP contribution in [0.1, 0.15) is 37.9 Å². The van der Waals surface area contributed by atoms with Crippen molar-refractivity contribution in [3.63, 3.8) is 0 Å². The minimum atomic E-state index is 0.157. The molecule has 2 aliphatic carbocycles. The van der Waals surface area contributed by atoms with Crippen LogP contribution < -0.4 is 5.73 Å². The summed E-state index contributed by atoms with van der Waals surface area (Å²) in [6, 6.07) is 0.157. The van der Waals surface area contributed by atoms with E-state index in [4.69, 9.17) is 5.73 Å². The highest BCUT2D eigenvalue weighted by Gasteiger charge is 2.48. The van der Waals surface area contributed by atoms with Crippen molar-refractivity contribution in [2.45, 2.75) is 38.8 Å². The van der Waals surface area contributed by atoms with Gasteiger partial charge in [0.25, 0.3) is 0 Å². The molecule has 4 heteroatoms. The number of nitrogens with two attached hydrogens (primary N) is 1. The van der Waals surface area contributed by atoms with Crippen LogP contribution in [0.25, 0.3) is 0 Å². The molecule has 1 aromatic heterocycles. The van der Waals surface area contributed by atoms with Crippen LogP contribution in [-0.2, 0) is 6.54 Å². The molecule has 0 aliphatic heterocycles. The first-order chi connectivity index (χ1) is 7.70. The van der Waals surface area contributed by atoms with Gasteiger partial charge in [0, 0.05) is 6.54 Å². The number of aryl methyl sites for hydroxylation is 1. The SMILES string of the molecule is CCn1ncc(Br)c1C(N)C1CC2CC2C1. The van der Waals surface area contributed by atoms with Crippen LogP contribution in [0.2, 0.25) is 0 Å². The van der Waals surface area contributed by atoms with Crippen molar-refractivity contribution in [3.05, 3.63) is 16.4 Å². The predicted octanol–water partition coefficient (Wildman–Crippen LogP) is 2.71. The average molecular weight is 284 g/mol. The number of nitrogens with zero attached hydrogens (tertiary/aromatic N) is 2. The summed E-state index contributed by atoms with van der Waals surface area (Å²) < 4.78 is 3.10. The van der Waals surface area contributed by atoms with Gasteiger partial charge in [-0.05, 0) is 59.9 Å². The monoisotopic (exact) mass is 283 g/mol. The smallest absolute Gasteiger partial charge is 0.0696 e. The summed E-state index contributed by atoms with van der Waals surface area (Å²) in [5, 5.41) is 4.35. The van der Waals surface area contributed by atoms with Gasteiger partial charge in [-0.25, -0.2) is 0 Å². The molecule has 2 aliphatic rings. The number of aromatic nitrogens is 2. The fourth-order valence-corrected chi connectivity index (χ4v) is 3.79. The lowest BCUT2D eigenvalue weighted by molar-refractivity contribution is 0.381. The Morgan fingerprint density at radius 3 is 2.81 bits per heavy atom. The van der Waals surface area contributed by atoms with Gasteiger partial charge in [0.15, 0.2) is 0 Å². The van der Waals surface area contributed by atoms with E-state index >= 15 is 0 Å². The molecule has 2 saturated carbocycles. The Hall–Kier alpha value is -0.350. The van der Waals surface area contributed by atoms with Crippen molar-refractivity contribution in [2.75, 3.05) is 0 Å². The second-order valence-electron chi connectivity index (χ2n) is 5.21. The van der Waals surface area contributed by atoms with Gasteiger partial charge >= 0.3 is 0 Å². The molecule has 3 atom stereocenters. The zero-order valence-electron chi connectivity index (χ0n) is 9.56. The molecule has 88 valence electrons. The highest BCUT2D eigenvalue weighted by molar-refractivity contribution is 9.10. The Kier molecular flexibility index (Phi) is 2.59. The van der Waals surface area contributed by atoms with Crippen molar-refractivity contribution < 1.29 is 0 Å². The Morgan fingerprint density at radius 2 is 2.19 bits per heavy atom. The van der Waals surface area contributed by atoms with Crippen LogP contribution in [-0.4, -0.2) is 9.78 Å². The van der Waals surface area contributed by atoms with Gasteiger partial charge in [0.1, 0.15) is 0 Å². The molecule has 2 N–H and O–H groups in total. The summed E-state index contributed by atoms with van der Waals surface area (Å²) in [5.74, 6) is 2.66. The van der Waals surface area contributed by atoms with Crippen LogP contribution in [0.3, 0.4) is 0 Å². The first-order valence-electron chi connectivity index (χ1n) is 6.17. The van der Waals surface area contributed by atoms with Crippen molar-refractivity contribution >= 4 is 15.9 Å². The van der Waals surface area contributed by atoms with Crippen molar-refractivity contribution in [1.82, 2.24) is 9.78 Å². The fraction of sp³-hybridized carbons (Fsp3) is 0.750. The molecule has 0 bridgehead atoms. The van der Waals surface area contributed by atoms with Crippen LogP contribution in [0.15, 0.2) is 10.7 Å². The van der Waals surface area contributed by atoms with Crippen molar-refractivity contribution in [2.24, 2.45) is 23.5 Å². The molecule has 16 heavy (non-hydrogen) atoms. The number of fused-ring (bicyclic) bond motifs is 1. The largest absolute Gasteiger partial charge is 0.322 e. The van der Waals surface area contributed by atoms with Crippen LogP contribution >= 0.6 is 15.9 Å². The molecule has 0 radical (unpaired) electrons. The topological polar surface area (TPSA) is 43.8 Å². The van der Waals surface area contributed by atoms with E-state index in [9.17, 15) is 0 Å². The van der Waals surface area contributed by atoms with E-state index in [0.29, 0.717) is 5.92 Å². The maximum absolute atomic E-state index is 6.41. The van der Waals surface area contributed by atoms with Gasteiger partial charge < -0.3 is 5.73 Å². The minimum Gasteiger partial charge on any atom is -0.322 e. The Bertz CT molecular complexity index is 391. The van der Waals surface area contributed by atoms with Crippen molar-refractivity contribution in [3.8, 4) is 0 Å². The van der Waals surface area contributed by atoms with Gasteiger partial charge in [-0.3, -0.25) is 4.68 Å². The Morgan fingerprint density at radius 1 is 1.50 bits per heavy atom. The van der Waals surface area contributed by atoms with Crippen molar-refractivity contribution in [1.29, 1.82) is 0 Å². The van der Waals surface area contributed by atoms with E-state index in [2.05, 4.69) is 28.0 Å². The van der Waals surface area contributed by atoms with Gasteiger partial charge in [-0.1, -0.05) is 0 Å². The molecule has 0 saturated heterocycles. The normalized spacial score (nSPS) is 33.8. The minimum absolute atomic E-state index is 0.157. The summed E-state index contributed by atoms with van der Waals surface area (Å²) in [4.78, 5) is 0. The van der Waals surface area contributed by atoms with Gasteiger partial charge in [-0.2, -0.15) is 5.10 Å². The maximum Gasteiger partial charge on any atom is 0.0696 e. The average Bonchev–Trinajstić information content (AvgIpc) is 2.74. The third-order valence-electron chi connectivity index (χ3n) is 4.24. The molecule has 2 fully saturated rings. The Balaban J connectivity index is 1.82. The first kappa shape index (κ1) is 10.8. The molecule has 1 heterocycles. The van der Waals surface area contributed by atoms with Crippen LogP contribution in [0.4, 0.5) is 0 Å². The first-order valence-corrected chi connectivity index (χ1v) is 6.96. The van der Waals surface area contributed by atoms with Crippen LogP contribution in [0.5, 0.6) is 0 Å². The zero-order chi connectivity index (χ0) is 11.3. The summed E-state index contributed by atoms with van der Waals surface area (Å²) >= 11 is 3.57. The molecule has 1 aromatic rings. The second kappa shape index (κ2) is 3.84. The quantitative estimate of drug-likeness (QED) is 0.927. The zero-order valence-corrected chi connectivity index (χ0v) is 11.2. The van der Waals surface area contributed by atoms with E-state index in [0.717, 1.165) is 22.9 Å². The summed E-state index contributed by atoms with van der Waals surface area (Å²) in [7, 11) is 0. The molecule has 3 rings (SSSR count). The lowest BCUT2D eigenvalue weighted by atomic mass is 9.93. The summed E-state index contributed by atoms with van der Waals surface area (Å²) in [6.45, 7) is 3.01. The number of hydrogen-bond acceptors (Lipinski definition) is 2. The van der Waals surface area contributed by atoms with Gasteiger partial charge in [-0.15, -0.1) is 0 Å². The lowest BCUT2D eigenvalue weighted by Crippen LogP contribution is -2.24. The lowest BCUT2D eigenvalue weighted by Gasteiger charge is -2.22.